The van der Waals surface area contributed by atoms with Gasteiger partial charge in [0, 0.05) is 6.92 Å². The smallest absolute Gasteiger partial charge is 0.302 e. The van der Waals surface area contributed by atoms with E-state index in [1.54, 1.807) is 37.3 Å². The summed E-state index contributed by atoms with van der Waals surface area (Å²) < 4.78 is 30.8. The molecule has 118 valence electrons. The second kappa shape index (κ2) is 6.60. The summed E-state index contributed by atoms with van der Waals surface area (Å²) in [7, 11) is -3.56. The van der Waals surface area contributed by atoms with Crippen LogP contribution in [0, 0.1) is 5.41 Å². The monoisotopic (exact) mass is 312 g/mol. The molecule has 0 radical (unpaired) electrons. The topological polar surface area (TPSA) is 60.4 Å². The molecule has 0 bridgehead atoms. The maximum atomic E-state index is 12.8. The van der Waals surface area contributed by atoms with Crippen molar-refractivity contribution in [2.75, 3.05) is 0 Å². The number of carbonyl (C=O) groups is 1. The van der Waals surface area contributed by atoms with E-state index in [1.807, 2.05) is 20.8 Å². The molecular weight excluding hydrogens is 288 g/mol. The van der Waals surface area contributed by atoms with E-state index < -0.39 is 27.2 Å². The van der Waals surface area contributed by atoms with E-state index in [0.29, 0.717) is 6.42 Å². The van der Waals surface area contributed by atoms with Gasteiger partial charge in [-0.2, -0.15) is 0 Å². The number of hydrogen-bond donors (Lipinski definition) is 0. The zero-order valence-electron chi connectivity index (χ0n) is 13.3. The summed E-state index contributed by atoms with van der Waals surface area (Å²) in [4.78, 5) is 11.4. The molecule has 2 atom stereocenters. The molecule has 5 heteroatoms. The van der Waals surface area contributed by atoms with Gasteiger partial charge < -0.3 is 4.74 Å². The average Bonchev–Trinajstić information content (AvgIpc) is 2.35. The van der Waals surface area contributed by atoms with Crippen LogP contribution in [0.4, 0.5) is 0 Å². The van der Waals surface area contributed by atoms with Crippen LogP contribution in [0.2, 0.25) is 0 Å². The lowest BCUT2D eigenvalue weighted by atomic mass is 9.89. The SMILES string of the molecule is CC(=O)O[C@@H](C)[C@H](CC(C)(C)C)S(=O)(=O)c1ccccc1. The highest BCUT2D eigenvalue weighted by Gasteiger charge is 2.37. The van der Waals surface area contributed by atoms with E-state index in [2.05, 4.69) is 0 Å². The normalized spacial score (nSPS) is 15.3. The maximum Gasteiger partial charge on any atom is 0.302 e. The molecule has 0 N–H and O–H groups in total. The molecule has 21 heavy (non-hydrogen) atoms. The first-order valence-electron chi connectivity index (χ1n) is 7.00. The first-order valence-corrected chi connectivity index (χ1v) is 8.55. The minimum absolute atomic E-state index is 0.194. The van der Waals surface area contributed by atoms with Crippen LogP contribution in [0.5, 0.6) is 0 Å². The second-order valence-corrected chi connectivity index (χ2v) is 8.64. The van der Waals surface area contributed by atoms with Crippen LogP contribution in [-0.2, 0) is 19.4 Å². The molecule has 0 aliphatic carbocycles. The summed E-state index contributed by atoms with van der Waals surface area (Å²) in [6, 6.07) is 8.30. The molecule has 4 nitrogen and oxygen atoms in total. The lowest BCUT2D eigenvalue weighted by molar-refractivity contribution is -0.145. The Labute approximate surface area is 127 Å². The molecule has 0 aliphatic rings. The number of esters is 1. The molecular formula is C16H24O4S. The van der Waals surface area contributed by atoms with Gasteiger partial charge in [-0.25, -0.2) is 8.42 Å². The van der Waals surface area contributed by atoms with Crippen molar-refractivity contribution in [2.24, 2.45) is 5.41 Å². The van der Waals surface area contributed by atoms with E-state index in [0.717, 1.165) is 0 Å². The van der Waals surface area contributed by atoms with E-state index in [4.69, 9.17) is 4.74 Å². The number of hydrogen-bond acceptors (Lipinski definition) is 4. The number of carbonyl (C=O) groups excluding carboxylic acids is 1. The largest absolute Gasteiger partial charge is 0.461 e. The zero-order valence-corrected chi connectivity index (χ0v) is 14.1. The minimum Gasteiger partial charge on any atom is -0.461 e. The Morgan fingerprint density at radius 1 is 1.19 bits per heavy atom. The molecule has 0 heterocycles. The van der Waals surface area contributed by atoms with Crippen molar-refractivity contribution >= 4 is 15.8 Å². The summed E-state index contributed by atoms with van der Waals surface area (Å²) in [5.74, 6) is -0.468. The fraction of sp³-hybridized carbons (Fsp3) is 0.562. The molecule has 1 aromatic rings. The van der Waals surface area contributed by atoms with Gasteiger partial charge in [-0.05, 0) is 30.9 Å². The predicted molar refractivity (Wildman–Crippen MR) is 82.7 cm³/mol. The molecule has 0 unspecified atom stereocenters. The van der Waals surface area contributed by atoms with Crippen molar-refractivity contribution in [2.45, 2.75) is 57.3 Å². The third kappa shape index (κ3) is 5.16. The number of sulfone groups is 1. The first kappa shape index (κ1) is 17.7. The van der Waals surface area contributed by atoms with Gasteiger partial charge in [-0.15, -0.1) is 0 Å². The fourth-order valence-corrected chi connectivity index (χ4v) is 4.42. The van der Waals surface area contributed by atoms with Crippen LogP contribution in [0.1, 0.15) is 41.0 Å². The lowest BCUT2D eigenvalue weighted by Gasteiger charge is -2.29. The summed E-state index contributed by atoms with van der Waals surface area (Å²) in [5.41, 5.74) is -0.194. The number of rotatable bonds is 5. The predicted octanol–water partition coefficient (Wildman–Crippen LogP) is 3.22. The Morgan fingerprint density at radius 2 is 1.71 bits per heavy atom. The third-order valence-electron chi connectivity index (χ3n) is 3.16. The van der Waals surface area contributed by atoms with Crippen LogP contribution in [0.15, 0.2) is 35.2 Å². The van der Waals surface area contributed by atoms with Crippen molar-refractivity contribution in [1.82, 2.24) is 0 Å². The van der Waals surface area contributed by atoms with Crippen molar-refractivity contribution in [3.63, 3.8) is 0 Å². The number of benzene rings is 1. The van der Waals surface area contributed by atoms with Gasteiger partial charge in [0.2, 0.25) is 0 Å². The molecule has 1 rings (SSSR count). The van der Waals surface area contributed by atoms with Gasteiger partial charge in [0.15, 0.2) is 9.84 Å². The summed E-state index contributed by atoms with van der Waals surface area (Å²) in [6.45, 7) is 8.85. The van der Waals surface area contributed by atoms with E-state index in [-0.39, 0.29) is 10.3 Å². The molecule has 0 aromatic heterocycles. The maximum absolute atomic E-state index is 12.8. The van der Waals surface area contributed by atoms with Crippen LogP contribution < -0.4 is 0 Å². The van der Waals surface area contributed by atoms with E-state index in [9.17, 15) is 13.2 Å². The zero-order chi connectivity index (χ0) is 16.3. The Morgan fingerprint density at radius 3 is 2.14 bits per heavy atom. The van der Waals surface area contributed by atoms with Gasteiger partial charge in [0.1, 0.15) is 11.4 Å². The Kier molecular flexibility index (Phi) is 5.56. The van der Waals surface area contributed by atoms with Crippen LogP contribution >= 0.6 is 0 Å². The number of ether oxygens (including phenoxy) is 1. The standard InChI is InChI=1S/C16H24O4S/c1-12(20-13(2)17)15(11-16(3,4)5)21(18,19)14-9-7-6-8-10-14/h6-10,12,15H,11H2,1-5H3/t12-,15-/m0/s1. The highest BCUT2D eigenvalue weighted by atomic mass is 32.2. The van der Waals surface area contributed by atoms with Crippen molar-refractivity contribution < 1.29 is 17.9 Å². The summed E-state index contributed by atoms with van der Waals surface area (Å²) >= 11 is 0. The highest BCUT2D eigenvalue weighted by molar-refractivity contribution is 7.92. The summed E-state index contributed by atoms with van der Waals surface area (Å²) in [6.07, 6.45) is -0.273. The molecule has 0 saturated heterocycles. The molecule has 0 saturated carbocycles. The summed E-state index contributed by atoms with van der Waals surface area (Å²) in [5, 5.41) is -0.760. The van der Waals surface area contributed by atoms with Crippen molar-refractivity contribution in [1.29, 1.82) is 0 Å². The van der Waals surface area contributed by atoms with Gasteiger partial charge in [0.25, 0.3) is 0 Å². The van der Waals surface area contributed by atoms with Crippen LogP contribution in [0.25, 0.3) is 0 Å². The molecule has 0 amide bonds. The molecule has 1 aromatic carbocycles. The van der Waals surface area contributed by atoms with Crippen LogP contribution in [0.3, 0.4) is 0 Å². The third-order valence-corrected chi connectivity index (χ3v) is 5.44. The highest BCUT2D eigenvalue weighted by Crippen LogP contribution is 2.31. The molecule has 0 fully saturated rings. The Balaban J connectivity index is 3.20. The first-order chi connectivity index (χ1) is 9.54. The van der Waals surface area contributed by atoms with Gasteiger partial charge in [-0.3, -0.25) is 4.79 Å². The Bertz CT molecular complexity index is 570. The van der Waals surface area contributed by atoms with E-state index in [1.165, 1.54) is 6.92 Å². The van der Waals surface area contributed by atoms with Crippen molar-refractivity contribution in [3.05, 3.63) is 30.3 Å². The lowest BCUT2D eigenvalue weighted by Crippen LogP contribution is -2.38. The molecule has 0 aliphatic heterocycles. The average molecular weight is 312 g/mol. The van der Waals surface area contributed by atoms with Gasteiger partial charge in [-0.1, -0.05) is 39.0 Å². The quantitative estimate of drug-likeness (QED) is 0.783. The molecule has 0 spiro atoms. The van der Waals surface area contributed by atoms with E-state index >= 15 is 0 Å². The second-order valence-electron chi connectivity index (χ2n) is 6.48. The van der Waals surface area contributed by atoms with Gasteiger partial charge in [0.05, 0.1) is 4.90 Å². The Hall–Kier alpha value is -1.36. The minimum atomic E-state index is -3.56. The van der Waals surface area contributed by atoms with Crippen molar-refractivity contribution in [3.8, 4) is 0 Å². The van der Waals surface area contributed by atoms with Gasteiger partial charge >= 0.3 is 5.97 Å². The fourth-order valence-electron chi connectivity index (χ4n) is 2.25. The van der Waals surface area contributed by atoms with Crippen LogP contribution in [-0.4, -0.2) is 25.7 Å².